The van der Waals surface area contributed by atoms with Gasteiger partial charge in [0.2, 0.25) is 0 Å². The molecule has 1 heterocycles. The lowest BCUT2D eigenvalue weighted by atomic mass is 10.0. The first-order valence-corrected chi connectivity index (χ1v) is 7.76. The maximum atomic E-state index is 6.18. The van der Waals surface area contributed by atoms with Gasteiger partial charge in [-0.05, 0) is 38.6 Å². The maximum absolute atomic E-state index is 6.18. The van der Waals surface area contributed by atoms with E-state index in [4.69, 9.17) is 34.8 Å². The van der Waals surface area contributed by atoms with Crippen molar-refractivity contribution in [3.63, 3.8) is 0 Å². The molecule has 1 N–H and O–H groups in total. The quantitative estimate of drug-likeness (QED) is 0.835. The van der Waals surface area contributed by atoms with Gasteiger partial charge in [-0.25, -0.2) is 0 Å². The summed E-state index contributed by atoms with van der Waals surface area (Å²) in [6, 6.07) is 4.12. The van der Waals surface area contributed by atoms with Crippen LogP contribution in [0.3, 0.4) is 0 Å². The fourth-order valence-corrected chi connectivity index (χ4v) is 3.18. The highest BCUT2D eigenvalue weighted by molar-refractivity contribution is 6.44. The maximum Gasteiger partial charge on any atom is 0.0652 e. The summed E-state index contributed by atoms with van der Waals surface area (Å²) in [5, 5.41) is 5.21. The molecule has 1 aromatic carbocycles. The summed E-state index contributed by atoms with van der Waals surface area (Å²) >= 11 is 18.4. The van der Waals surface area contributed by atoms with Crippen LogP contribution in [0.4, 0.5) is 0 Å². The summed E-state index contributed by atoms with van der Waals surface area (Å²) in [6.45, 7) is 2.79. The van der Waals surface area contributed by atoms with Crippen LogP contribution in [-0.2, 0) is 6.54 Å². The largest absolute Gasteiger partial charge is 0.311 e. The number of hydrogen-bond acceptors (Lipinski definition) is 2. The SMILES string of the molecule is CN1CCCCC1CNCc1c(Cl)ccc(Cl)c1Cl. The van der Waals surface area contributed by atoms with Crippen molar-refractivity contribution in [3.05, 3.63) is 32.8 Å². The lowest BCUT2D eigenvalue weighted by Crippen LogP contribution is -2.42. The van der Waals surface area contributed by atoms with Crippen LogP contribution < -0.4 is 5.32 Å². The minimum absolute atomic E-state index is 0.553. The molecule has 106 valence electrons. The highest BCUT2D eigenvalue weighted by Gasteiger charge is 2.18. The van der Waals surface area contributed by atoms with E-state index >= 15 is 0 Å². The summed E-state index contributed by atoms with van der Waals surface area (Å²) in [4.78, 5) is 2.41. The van der Waals surface area contributed by atoms with E-state index in [2.05, 4.69) is 17.3 Å². The normalized spacial score (nSPS) is 20.7. The molecule has 1 atom stereocenters. The third-order valence-electron chi connectivity index (χ3n) is 3.74. The van der Waals surface area contributed by atoms with E-state index in [1.165, 1.54) is 25.8 Å². The zero-order chi connectivity index (χ0) is 13.8. The molecule has 19 heavy (non-hydrogen) atoms. The van der Waals surface area contributed by atoms with Crippen molar-refractivity contribution in [1.82, 2.24) is 10.2 Å². The van der Waals surface area contributed by atoms with Crippen LogP contribution in [0.1, 0.15) is 24.8 Å². The first-order chi connectivity index (χ1) is 9.09. The predicted molar refractivity (Wildman–Crippen MR) is 83.4 cm³/mol. The van der Waals surface area contributed by atoms with E-state index in [0.717, 1.165) is 12.1 Å². The second kappa shape index (κ2) is 7.14. The van der Waals surface area contributed by atoms with Gasteiger partial charge in [-0.2, -0.15) is 0 Å². The van der Waals surface area contributed by atoms with Crippen LogP contribution in [0, 0.1) is 0 Å². The summed E-state index contributed by atoms with van der Waals surface area (Å²) in [6.07, 6.45) is 3.87. The van der Waals surface area contributed by atoms with Crippen LogP contribution >= 0.6 is 34.8 Å². The molecule has 1 unspecified atom stereocenters. The molecule has 0 aliphatic carbocycles. The van der Waals surface area contributed by atoms with E-state index in [0.29, 0.717) is 27.7 Å². The van der Waals surface area contributed by atoms with E-state index < -0.39 is 0 Å². The molecule has 0 radical (unpaired) electrons. The molecule has 0 saturated carbocycles. The number of rotatable bonds is 4. The Bertz CT molecular complexity index is 437. The minimum atomic E-state index is 0.553. The zero-order valence-corrected chi connectivity index (χ0v) is 13.3. The van der Waals surface area contributed by atoms with Gasteiger partial charge in [-0.3, -0.25) is 0 Å². The van der Waals surface area contributed by atoms with Crippen LogP contribution in [0.15, 0.2) is 12.1 Å². The van der Waals surface area contributed by atoms with Crippen LogP contribution in [0.2, 0.25) is 15.1 Å². The average molecular weight is 322 g/mol. The van der Waals surface area contributed by atoms with Crippen molar-refractivity contribution in [2.75, 3.05) is 20.1 Å². The van der Waals surface area contributed by atoms with E-state index in [1.807, 2.05) is 0 Å². The van der Waals surface area contributed by atoms with Crippen LogP contribution in [-0.4, -0.2) is 31.1 Å². The van der Waals surface area contributed by atoms with Crippen molar-refractivity contribution in [2.24, 2.45) is 0 Å². The molecule has 0 amide bonds. The summed E-state index contributed by atoms with van der Waals surface area (Å²) < 4.78 is 0. The first kappa shape index (κ1) is 15.4. The highest BCUT2D eigenvalue weighted by atomic mass is 35.5. The number of nitrogens with zero attached hydrogens (tertiary/aromatic N) is 1. The van der Waals surface area contributed by atoms with Gasteiger partial charge >= 0.3 is 0 Å². The molecule has 2 rings (SSSR count). The van der Waals surface area contributed by atoms with Crippen molar-refractivity contribution in [2.45, 2.75) is 31.8 Å². The molecule has 2 nitrogen and oxygen atoms in total. The van der Waals surface area contributed by atoms with Gasteiger partial charge in [0.05, 0.1) is 10.0 Å². The predicted octanol–water partition coefficient (Wildman–Crippen LogP) is 4.22. The summed E-state index contributed by atoms with van der Waals surface area (Å²) in [5.74, 6) is 0. The number of likely N-dealkylation sites (N-methyl/N-ethyl adjacent to an activating group) is 1. The first-order valence-electron chi connectivity index (χ1n) is 6.63. The van der Waals surface area contributed by atoms with Gasteiger partial charge in [-0.1, -0.05) is 41.2 Å². The van der Waals surface area contributed by atoms with Crippen molar-refractivity contribution < 1.29 is 0 Å². The van der Waals surface area contributed by atoms with Crippen LogP contribution in [0.25, 0.3) is 0 Å². The summed E-state index contributed by atoms with van der Waals surface area (Å²) in [7, 11) is 2.19. The Hall–Kier alpha value is 0.01000. The Morgan fingerprint density at radius 2 is 1.95 bits per heavy atom. The average Bonchev–Trinajstić information content (AvgIpc) is 2.40. The third kappa shape index (κ3) is 3.99. The third-order valence-corrected chi connectivity index (χ3v) is 4.94. The number of hydrogen-bond donors (Lipinski definition) is 1. The molecule has 1 saturated heterocycles. The molecule has 0 aromatic heterocycles. The number of halogens is 3. The highest BCUT2D eigenvalue weighted by Crippen LogP contribution is 2.31. The number of piperidine rings is 1. The van der Waals surface area contributed by atoms with Gasteiger partial charge in [0, 0.05) is 29.7 Å². The molecular formula is C14H19Cl3N2. The fourth-order valence-electron chi connectivity index (χ4n) is 2.50. The molecule has 0 bridgehead atoms. The smallest absolute Gasteiger partial charge is 0.0652 e. The van der Waals surface area contributed by atoms with Crippen LogP contribution in [0.5, 0.6) is 0 Å². The molecule has 1 aliphatic rings. The Morgan fingerprint density at radius 1 is 1.21 bits per heavy atom. The lowest BCUT2D eigenvalue weighted by Gasteiger charge is -2.32. The van der Waals surface area contributed by atoms with Crippen molar-refractivity contribution in [1.29, 1.82) is 0 Å². The molecular weight excluding hydrogens is 303 g/mol. The number of benzene rings is 1. The second-order valence-electron chi connectivity index (χ2n) is 5.08. The topological polar surface area (TPSA) is 15.3 Å². The van der Waals surface area contributed by atoms with E-state index in [1.54, 1.807) is 12.1 Å². The van der Waals surface area contributed by atoms with Crippen molar-refractivity contribution >= 4 is 34.8 Å². The van der Waals surface area contributed by atoms with E-state index in [-0.39, 0.29) is 0 Å². The molecule has 1 aliphatic heterocycles. The monoisotopic (exact) mass is 320 g/mol. The molecule has 1 aromatic rings. The summed E-state index contributed by atoms with van der Waals surface area (Å²) in [5.41, 5.74) is 0.884. The van der Waals surface area contributed by atoms with Gasteiger partial charge in [0.1, 0.15) is 0 Å². The number of nitrogens with one attached hydrogen (secondary N) is 1. The molecule has 0 spiro atoms. The van der Waals surface area contributed by atoms with Gasteiger partial charge in [-0.15, -0.1) is 0 Å². The fraction of sp³-hybridized carbons (Fsp3) is 0.571. The Morgan fingerprint density at radius 3 is 2.68 bits per heavy atom. The van der Waals surface area contributed by atoms with Gasteiger partial charge in [0.25, 0.3) is 0 Å². The molecule has 5 heteroatoms. The Balaban J connectivity index is 1.90. The minimum Gasteiger partial charge on any atom is -0.311 e. The zero-order valence-electron chi connectivity index (χ0n) is 11.1. The number of likely N-dealkylation sites (tertiary alicyclic amines) is 1. The van der Waals surface area contributed by atoms with Crippen molar-refractivity contribution in [3.8, 4) is 0 Å². The second-order valence-corrected chi connectivity index (χ2v) is 6.28. The Kier molecular flexibility index (Phi) is 5.79. The lowest BCUT2D eigenvalue weighted by molar-refractivity contribution is 0.181. The standard InChI is InChI=1S/C14H19Cl3N2/c1-19-7-3-2-4-10(19)8-18-9-11-12(15)5-6-13(16)14(11)17/h5-6,10,18H,2-4,7-9H2,1H3. The van der Waals surface area contributed by atoms with E-state index in [9.17, 15) is 0 Å². The molecule has 1 fully saturated rings. The Labute approximate surface area is 130 Å². The van der Waals surface area contributed by atoms with Gasteiger partial charge in [0.15, 0.2) is 0 Å². The van der Waals surface area contributed by atoms with Gasteiger partial charge < -0.3 is 10.2 Å².